The lowest BCUT2D eigenvalue weighted by molar-refractivity contribution is -0.136. The number of esters is 1. The minimum atomic E-state index is -0.868. The normalized spacial score (nSPS) is 15.4. The SMILES string of the molecule is CCOC(=O)C1=c2sc(=Cc3ccccc3OC)c(=O)n2C(N)=C(C#N)[C@H]1c1ccccc1OC. The number of methoxy groups -OCH3 is 2. The topological polar surface area (TPSA) is 117 Å². The zero-order chi connectivity index (χ0) is 25.1. The molecule has 35 heavy (non-hydrogen) atoms. The van der Waals surface area contributed by atoms with Crippen LogP contribution in [0.1, 0.15) is 24.0 Å². The highest BCUT2D eigenvalue weighted by Crippen LogP contribution is 2.40. The molecule has 0 aliphatic carbocycles. The number of hydrogen-bond donors (Lipinski definition) is 1. The fraction of sp³-hybridized carbons (Fsp3) is 0.192. The number of fused-ring (bicyclic) bond motifs is 1. The predicted octanol–water partition coefficient (Wildman–Crippen LogP) is 1.92. The van der Waals surface area contributed by atoms with Gasteiger partial charge in [-0.15, -0.1) is 11.3 Å². The molecule has 4 rings (SSSR count). The Morgan fingerprint density at radius 2 is 1.80 bits per heavy atom. The molecule has 0 spiro atoms. The van der Waals surface area contributed by atoms with Crippen LogP contribution in [-0.2, 0) is 9.53 Å². The molecule has 0 bridgehead atoms. The van der Waals surface area contributed by atoms with Gasteiger partial charge in [-0.05, 0) is 25.1 Å². The van der Waals surface area contributed by atoms with Crippen molar-refractivity contribution < 1.29 is 19.0 Å². The molecular formula is C26H23N3O5S. The van der Waals surface area contributed by atoms with Crippen LogP contribution >= 0.6 is 11.3 Å². The van der Waals surface area contributed by atoms with Crippen molar-refractivity contribution in [2.75, 3.05) is 20.8 Å². The van der Waals surface area contributed by atoms with Gasteiger partial charge in [0.25, 0.3) is 5.56 Å². The molecule has 1 aliphatic rings. The van der Waals surface area contributed by atoms with E-state index in [1.54, 1.807) is 50.4 Å². The van der Waals surface area contributed by atoms with E-state index in [-0.39, 0.29) is 23.6 Å². The summed E-state index contributed by atoms with van der Waals surface area (Å²) in [6, 6.07) is 16.4. The first-order chi connectivity index (χ1) is 17.0. The van der Waals surface area contributed by atoms with Crippen LogP contribution in [-0.4, -0.2) is 31.4 Å². The number of thiazole rings is 1. The molecule has 0 amide bonds. The van der Waals surface area contributed by atoms with Gasteiger partial charge in [0.1, 0.15) is 22.0 Å². The summed E-state index contributed by atoms with van der Waals surface area (Å²) in [6.45, 7) is 1.81. The molecule has 1 atom stereocenters. The summed E-state index contributed by atoms with van der Waals surface area (Å²) in [4.78, 5) is 26.7. The van der Waals surface area contributed by atoms with Gasteiger partial charge in [0.15, 0.2) is 0 Å². The lowest BCUT2D eigenvalue weighted by Crippen LogP contribution is -2.40. The number of hydrogen-bond acceptors (Lipinski definition) is 8. The quantitative estimate of drug-likeness (QED) is 0.526. The van der Waals surface area contributed by atoms with E-state index < -0.39 is 17.4 Å². The molecule has 3 aromatic rings. The third-order valence-corrected chi connectivity index (χ3v) is 6.75. The first-order valence-corrected chi connectivity index (χ1v) is 11.6. The van der Waals surface area contributed by atoms with E-state index >= 15 is 0 Å². The van der Waals surface area contributed by atoms with Crippen LogP contribution in [0.25, 0.3) is 17.5 Å². The summed E-state index contributed by atoms with van der Waals surface area (Å²) < 4.78 is 18.1. The summed E-state index contributed by atoms with van der Waals surface area (Å²) >= 11 is 1.10. The molecule has 2 heterocycles. The second kappa shape index (κ2) is 9.91. The van der Waals surface area contributed by atoms with Crippen LogP contribution in [0, 0.1) is 11.3 Å². The van der Waals surface area contributed by atoms with Crippen molar-refractivity contribution in [2.45, 2.75) is 12.8 Å². The van der Waals surface area contributed by atoms with Crippen molar-refractivity contribution >= 4 is 34.8 Å². The highest BCUT2D eigenvalue weighted by Gasteiger charge is 2.37. The van der Waals surface area contributed by atoms with E-state index in [1.165, 1.54) is 11.7 Å². The number of aromatic nitrogens is 1. The number of carbonyl (C=O) groups is 1. The fourth-order valence-corrected chi connectivity index (χ4v) is 5.25. The third kappa shape index (κ3) is 4.09. The molecule has 9 heteroatoms. The maximum Gasteiger partial charge on any atom is 0.338 e. The molecule has 0 saturated carbocycles. The number of benzene rings is 2. The Bertz CT molecular complexity index is 1560. The van der Waals surface area contributed by atoms with Crippen LogP contribution < -0.4 is 30.0 Å². The van der Waals surface area contributed by atoms with Gasteiger partial charge in [-0.3, -0.25) is 9.36 Å². The van der Waals surface area contributed by atoms with Gasteiger partial charge in [-0.2, -0.15) is 5.26 Å². The summed E-state index contributed by atoms with van der Waals surface area (Å²) in [6.07, 6.45) is 1.68. The smallest absolute Gasteiger partial charge is 0.338 e. The fourth-order valence-electron chi connectivity index (χ4n) is 4.10. The van der Waals surface area contributed by atoms with Crippen LogP contribution in [0.3, 0.4) is 0 Å². The van der Waals surface area contributed by atoms with Crippen molar-refractivity contribution in [3.05, 3.63) is 84.8 Å². The zero-order valence-corrected chi connectivity index (χ0v) is 20.2. The van der Waals surface area contributed by atoms with Gasteiger partial charge < -0.3 is 19.9 Å². The molecule has 2 N–H and O–H groups in total. The van der Waals surface area contributed by atoms with Gasteiger partial charge >= 0.3 is 5.97 Å². The molecule has 0 unspecified atom stereocenters. The molecule has 8 nitrogen and oxygen atoms in total. The van der Waals surface area contributed by atoms with Crippen molar-refractivity contribution in [3.63, 3.8) is 0 Å². The summed E-state index contributed by atoms with van der Waals surface area (Å²) in [5.41, 5.74) is 7.44. The van der Waals surface area contributed by atoms with Gasteiger partial charge in [-0.1, -0.05) is 36.4 Å². The number of allylic oxidation sites excluding steroid dienone is 1. The summed E-state index contributed by atoms with van der Waals surface area (Å²) in [5, 5.41) is 10.1. The molecule has 1 aliphatic heterocycles. The second-order valence-corrected chi connectivity index (χ2v) is 8.55. The van der Waals surface area contributed by atoms with E-state index in [1.807, 2.05) is 18.2 Å². The number of carbonyl (C=O) groups excluding carboxylic acids is 1. The van der Waals surface area contributed by atoms with E-state index in [0.717, 1.165) is 11.3 Å². The number of nitrogens with two attached hydrogens (primary N) is 1. The summed E-state index contributed by atoms with van der Waals surface area (Å²) in [7, 11) is 3.05. The highest BCUT2D eigenvalue weighted by atomic mass is 32.1. The lowest BCUT2D eigenvalue weighted by atomic mass is 9.83. The average molecular weight is 490 g/mol. The maximum absolute atomic E-state index is 13.5. The van der Waals surface area contributed by atoms with E-state index in [4.69, 9.17) is 19.9 Å². The number of rotatable bonds is 6. The third-order valence-electron chi connectivity index (χ3n) is 5.64. The van der Waals surface area contributed by atoms with Crippen molar-refractivity contribution in [1.29, 1.82) is 5.26 Å². The van der Waals surface area contributed by atoms with Gasteiger partial charge in [0.2, 0.25) is 0 Å². The standard InChI is InChI=1S/C26H23N3O5S/c1-4-34-26(31)22-21(16-10-6-8-12-19(16)33-3)17(14-27)23(28)29-24(30)20(35-25(22)29)13-15-9-5-7-11-18(15)32-2/h5-13,21H,4,28H2,1-3H3/t21-/m1/s1. The van der Waals surface area contributed by atoms with Crippen LogP contribution in [0.5, 0.6) is 11.5 Å². The Kier molecular flexibility index (Phi) is 6.75. The Hall–Kier alpha value is -4.29. The number of nitrogens with zero attached hydrogens (tertiary/aromatic N) is 2. The van der Waals surface area contributed by atoms with Crippen molar-refractivity contribution in [1.82, 2.24) is 4.57 Å². The minimum Gasteiger partial charge on any atom is -0.496 e. The Morgan fingerprint density at radius 3 is 2.46 bits per heavy atom. The first kappa shape index (κ1) is 23.9. The molecule has 178 valence electrons. The van der Waals surface area contributed by atoms with Crippen molar-refractivity contribution in [2.24, 2.45) is 5.73 Å². The molecule has 0 saturated heterocycles. The maximum atomic E-state index is 13.5. The molecule has 1 aromatic heterocycles. The van der Waals surface area contributed by atoms with E-state index in [9.17, 15) is 14.9 Å². The average Bonchev–Trinajstić information content (AvgIpc) is 3.19. The second-order valence-electron chi connectivity index (χ2n) is 7.52. The van der Waals surface area contributed by atoms with E-state index in [2.05, 4.69) is 6.07 Å². The van der Waals surface area contributed by atoms with Crippen molar-refractivity contribution in [3.8, 4) is 17.6 Å². The van der Waals surface area contributed by atoms with Gasteiger partial charge in [0.05, 0.1) is 48.5 Å². The van der Waals surface area contributed by atoms with Crippen LogP contribution in [0.2, 0.25) is 0 Å². The molecular weight excluding hydrogens is 466 g/mol. The number of para-hydroxylation sites is 2. The Morgan fingerprint density at radius 1 is 1.14 bits per heavy atom. The predicted molar refractivity (Wildman–Crippen MR) is 133 cm³/mol. The number of nitriles is 1. The zero-order valence-electron chi connectivity index (χ0n) is 19.4. The first-order valence-electron chi connectivity index (χ1n) is 10.8. The lowest BCUT2D eigenvalue weighted by Gasteiger charge is -2.25. The van der Waals surface area contributed by atoms with Crippen LogP contribution in [0.15, 0.2) is 58.9 Å². The molecule has 0 radical (unpaired) electrons. The monoisotopic (exact) mass is 489 g/mol. The van der Waals surface area contributed by atoms with Gasteiger partial charge in [-0.25, -0.2) is 4.79 Å². The highest BCUT2D eigenvalue weighted by molar-refractivity contribution is 7.07. The summed E-state index contributed by atoms with van der Waals surface area (Å²) in [5.74, 6) is -0.471. The Labute approximate surface area is 205 Å². The van der Waals surface area contributed by atoms with Crippen LogP contribution in [0.4, 0.5) is 0 Å². The number of ether oxygens (including phenoxy) is 3. The molecule has 2 aromatic carbocycles. The Balaban J connectivity index is 2.13. The largest absolute Gasteiger partial charge is 0.496 e. The minimum absolute atomic E-state index is 0.0348. The van der Waals surface area contributed by atoms with E-state index in [0.29, 0.717) is 31.8 Å². The van der Waals surface area contributed by atoms with Gasteiger partial charge in [0, 0.05) is 11.1 Å². The molecule has 0 fully saturated rings.